The molecule has 0 atom stereocenters. The number of aryl methyl sites for hydroxylation is 1. The van der Waals surface area contributed by atoms with Crippen LogP contribution in [0.4, 0.5) is 11.5 Å². The molecule has 4 heterocycles. The number of nitrogens with two attached hydrogens (primary N) is 1. The highest BCUT2D eigenvalue weighted by molar-refractivity contribution is 6.31. The van der Waals surface area contributed by atoms with Crippen LogP contribution in [0.3, 0.4) is 0 Å². The van der Waals surface area contributed by atoms with E-state index in [9.17, 15) is 14.7 Å². The van der Waals surface area contributed by atoms with E-state index in [1.54, 1.807) is 64.1 Å². The topological polar surface area (TPSA) is 167 Å². The number of hydrogen-bond acceptors (Lipinski definition) is 9. The van der Waals surface area contributed by atoms with Crippen molar-refractivity contribution in [2.45, 2.75) is 32.4 Å². The Balaban J connectivity index is 1.28. The number of amides is 1. The van der Waals surface area contributed by atoms with E-state index in [1.807, 2.05) is 36.4 Å². The number of carbonyl (C=O) groups excluding carboxylic acids is 1. The van der Waals surface area contributed by atoms with Gasteiger partial charge in [-0.15, -0.1) is 0 Å². The highest BCUT2D eigenvalue weighted by atomic mass is 35.5. The standard InChI is InChI=1S/C36H30ClN9O3/c37-27-11-2-1-6-24(27)19-45-29(20-46-35-32(34(38)40-21-41-35)33(44-46)23-9-3-10-26(47)18-23)43-28-12-4-7-22(31(28)36(45)49)8-5-13-30(48)42-25-14-16-39-17-15-25/h1-4,6-7,9-12,14-18,21,47H,5,8,13,19-20H2,(H2,38,40,41)(H,39,42,48). The number of pyridine rings is 1. The van der Waals surface area contributed by atoms with E-state index in [4.69, 9.17) is 27.4 Å². The van der Waals surface area contributed by atoms with Gasteiger partial charge in [0, 0.05) is 35.1 Å². The van der Waals surface area contributed by atoms with Gasteiger partial charge in [-0.2, -0.15) is 5.10 Å². The van der Waals surface area contributed by atoms with Crippen LogP contribution in [0.5, 0.6) is 5.75 Å². The quantitative estimate of drug-likeness (QED) is 0.168. The largest absolute Gasteiger partial charge is 0.508 e. The molecule has 3 aromatic carbocycles. The molecule has 4 aromatic heterocycles. The van der Waals surface area contributed by atoms with Gasteiger partial charge in [0.1, 0.15) is 36.0 Å². The number of nitrogens with zero attached hydrogens (tertiary/aromatic N) is 7. The second kappa shape index (κ2) is 13.5. The maximum atomic E-state index is 14.5. The number of aromatic hydroxyl groups is 1. The molecule has 0 bridgehead atoms. The molecule has 7 rings (SSSR count). The summed E-state index contributed by atoms with van der Waals surface area (Å²) in [6.07, 6.45) is 5.89. The lowest BCUT2D eigenvalue weighted by molar-refractivity contribution is -0.116. The maximum absolute atomic E-state index is 14.5. The Morgan fingerprint density at radius 1 is 0.918 bits per heavy atom. The monoisotopic (exact) mass is 671 g/mol. The second-order valence-corrected chi connectivity index (χ2v) is 11.9. The molecular formula is C36H30ClN9O3. The molecule has 244 valence electrons. The molecule has 7 aromatic rings. The molecule has 0 aliphatic heterocycles. The van der Waals surface area contributed by atoms with Gasteiger partial charge >= 0.3 is 0 Å². The molecule has 0 aliphatic rings. The van der Waals surface area contributed by atoms with Crippen LogP contribution in [0.15, 0.2) is 102 Å². The number of nitrogens with one attached hydrogen (secondary N) is 1. The first-order valence-electron chi connectivity index (χ1n) is 15.6. The highest BCUT2D eigenvalue weighted by Crippen LogP contribution is 2.32. The van der Waals surface area contributed by atoms with Crippen LogP contribution >= 0.6 is 11.6 Å². The van der Waals surface area contributed by atoms with Crippen molar-refractivity contribution in [3.05, 3.63) is 130 Å². The first-order chi connectivity index (χ1) is 23.9. The Morgan fingerprint density at radius 2 is 1.71 bits per heavy atom. The van der Waals surface area contributed by atoms with Gasteiger partial charge in [0.15, 0.2) is 5.65 Å². The molecule has 49 heavy (non-hydrogen) atoms. The SMILES string of the molecule is Nc1ncnc2c1c(-c1cccc(O)c1)nn2Cc1nc2cccc(CCCC(=O)Nc3ccncc3)c2c(=O)n1Cc1ccccc1Cl. The van der Waals surface area contributed by atoms with E-state index in [0.717, 1.165) is 11.1 Å². The molecule has 0 spiro atoms. The molecule has 0 aliphatic carbocycles. The van der Waals surface area contributed by atoms with Gasteiger partial charge in [-0.3, -0.25) is 19.1 Å². The number of rotatable bonds is 10. The molecular weight excluding hydrogens is 642 g/mol. The van der Waals surface area contributed by atoms with Gasteiger partial charge in [0.2, 0.25) is 5.91 Å². The summed E-state index contributed by atoms with van der Waals surface area (Å²) in [4.78, 5) is 44.7. The van der Waals surface area contributed by atoms with Crippen molar-refractivity contribution >= 4 is 50.9 Å². The minimum Gasteiger partial charge on any atom is -0.508 e. The van der Waals surface area contributed by atoms with Crippen LogP contribution < -0.4 is 16.6 Å². The summed E-state index contributed by atoms with van der Waals surface area (Å²) in [5, 5.41) is 19.4. The lowest BCUT2D eigenvalue weighted by atomic mass is 10.0. The van der Waals surface area contributed by atoms with Crippen molar-refractivity contribution in [2.24, 2.45) is 0 Å². The first kappa shape index (κ1) is 31.5. The molecule has 0 saturated heterocycles. The number of anilines is 2. The number of benzene rings is 3. The molecule has 1 amide bonds. The summed E-state index contributed by atoms with van der Waals surface area (Å²) in [6, 6.07) is 23.1. The van der Waals surface area contributed by atoms with E-state index in [0.29, 0.717) is 62.6 Å². The molecule has 4 N–H and O–H groups in total. The number of phenolic OH excluding ortho intramolecular Hbond substituents is 1. The fourth-order valence-electron chi connectivity index (χ4n) is 5.90. The van der Waals surface area contributed by atoms with E-state index in [-0.39, 0.29) is 42.5 Å². The third-order valence-corrected chi connectivity index (χ3v) is 8.59. The third kappa shape index (κ3) is 6.54. The number of phenols is 1. The lowest BCUT2D eigenvalue weighted by Gasteiger charge is -2.16. The predicted octanol–water partition coefficient (Wildman–Crippen LogP) is 5.60. The van der Waals surface area contributed by atoms with Crippen LogP contribution in [0, 0.1) is 0 Å². The Morgan fingerprint density at radius 3 is 2.53 bits per heavy atom. The summed E-state index contributed by atoms with van der Waals surface area (Å²) in [7, 11) is 0. The maximum Gasteiger partial charge on any atom is 0.262 e. The number of fused-ring (bicyclic) bond motifs is 2. The van der Waals surface area contributed by atoms with Crippen molar-refractivity contribution in [3.8, 4) is 17.0 Å². The zero-order valence-corrected chi connectivity index (χ0v) is 26.9. The predicted molar refractivity (Wildman–Crippen MR) is 188 cm³/mol. The normalized spacial score (nSPS) is 11.3. The average molecular weight is 672 g/mol. The molecule has 0 unspecified atom stereocenters. The number of halogens is 1. The van der Waals surface area contributed by atoms with Crippen molar-refractivity contribution in [1.82, 2.24) is 34.3 Å². The van der Waals surface area contributed by atoms with Gasteiger partial charge in [-0.05, 0) is 60.4 Å². The lowest BCUT2D eigenvalue weighted by Crippen LogP contribution is -2.28. The molecule has 0 saturated carbocycles. The van der Waals surface area contributed by atoms with Crippen LogP contribution in [0.2, 0.25) is 5.02 Å². The first-order valence-corrected chi connectivity index (χ1v) is 15.9. The minimum absolute atomic E-state index is 0.0702. The number of hydrogen-bond donors (Lipinski definition) is 3. The Bertz CT molecular complexity index is 2390. The van der Waals surface area contributed by atoms with E-state index in [2.05, 4.69) is 20.3 Å². The van der Waals surface area contributed by atoms with Crippen molar-refractivity contribution in [2.75, 3.05) is 11.1 Å². The molecule has 13 heteroatoms. The minimum atomic E-state index is -0.240. The van der Waals surface area contributed by atoms with E-state index < -0.39 is 0 Å². The summed E-state index contributed by atoms with van der Waals surface area (Å²) < 4.78 is 3.24. The number of aromatic nitrogens is 7. The summed E-state index contributed by atoms with van der Waals surface area (Å²) in [6.45, 7) is 0.232. The molecule has 0 radical (unpaired) electrons. The fourth-order valence-corrected chi connectivity index (χ4v) is 6.09. The zero-order chi connectivity index (χ0) is 33.9. The second-order valence-electron chi connectivity index (χ2n) is 11.5. The molecule has 0 fully saturated rings. The summed E-state index contributed by atoms with van der Waals surface area (Å²) in [5.74, 6) is 0.610. The van der Waals surface area contributed by atoms with Crippen LogP contribution in [0.1, 0.15) is 29.8 Å². The van der Waals surface area contributed by atoms with E-state index >= 15 is 0 Å². The third-order valence-electron chi connectivity index (χ3n) is 8.22. The fraction of sp³-hybridized carbons (Fsp3) is 0.139. The average Bonchev–Trinajstić information content (AvgIpc) is 3.47. The van der Waals surface area contributed by atoms with Gasteiger partial charge < -0.3 is 16.2 Å². The Kier molecular flexibility index (Phi) is 8.69. The van der Waals surface area contributed by atoms with Crippen LogP contribution in [0.25, 0.3) is 33.2 Å². The summed E-state index contributed by atoms with van der Waals surface area (Å²) >= 11 is 6.58. The smallest absolute Gasteiger partial charge is 0.262 e. The van der Waals surface area contributed by atoms with E-state index in [1.165, 1.54) is 6.33 Å². The van der Waals surface area contributed by atoms with Crippen molar-refractivity contribution < 1.29 is 9.90 Å². The molecule has 12 nitrogen and oxygen atoms in total. The van der Waals surface area contributed by atoms with Crippen LogP contribution in [-0.4, -0.2) is 45.3 Å². The number of carbonyl (C=O) groups is 1. The summed E-state index contributed by atoms with van der Waals surface area (Å²) in [5.41, 5.74) is 10.4. The van der Waals surface area contributed by atoms with Crippen molar-refractivity contribution in [3.63, 3.8) is 0 Å². The van der Waals surface area contributed by atoms with Gasteiger partial charge in [-0.1, -0.05) is 54.1 Å². The van der Waals surface area contributed by atoms with Gasteiger partial charge in [0.25, 0.3) is 5.56 Å². The highest BCUT2D eigenvalue weighted by Gasteiger charge is 2.21. The number of nitrogen functional groups attached to an aromatic ring is 1. The van der Waals surface area contributed by atoms with Gasteiger partial charge in [0.05, 0.1) is 22.8 Å². The Labute approximate surface area is 284 Å². The van der Waals surface area contributed by atoms with Crippen molar-refractivity contribution in [1.29, 1.82) is 0 Å². The zero-order valence-electron chi connectivity index (χ0n) is 26.1. The Hall–Kier alpha value is -6.14. The van der Waals surface area contributed by atoms with Crippen LogP contribution in [-0.2, 0) is 24.3 Å². The van der Waals surface area contributed by atoms with Gasteiger partial charge in [-0.25, -0.2) is 19.6 Å².